The molecule has 0 radical (unpaired) electrons. The van der Waals surface area contributed by atoms with Gasteiger partial charge < -0.3 is 29.2 Å². The number of rotatable bonds is 19. The number of nitrogens with zero attached hydrogens (tertiary/aromatic N) is 2. The van der Waals surface area contributed by atoms with Crippen molar-refractivity contribution in [2.45, 2.75) is 97.8 Å². The Labute approximate surface area is 332 Å². The summed E-state index contributed by atoms with van der Waals surface area (Å²) in [7, 11) is 0. The van der Waals surface area contributed by atoms with Crippen molar-refractivity contribution in [3.05, 3.63) is 114 Å². The topological polar surface area (TPSA) is 101 Å². The molecule has 294 valence electrons. The Morgan fingerprint density at radius 1 is 0.500 bits per heavy atom. The van der Waals surface area contributed by atoms with E-state index in [0.717, 1.165) is 106 Å². The van der Waals surface area contributed by atoms with Crippen LogP contribution in [0.1, 0.15) is 126 Å². The summed E-state index contributed by atoms with van der Waals surface area (Å²) in [6.07, 6.45) is 23.6. The Kier molecular flexibility index (Phi) is 15.5. The van der Waals surface area contributed by atoms with Crippen molar-refractivity contribution < 1.29 is 14.2 Å². The number of aromatic nitrogens is 5. The van der Waals surface area contributed by atoms with Gasteiger partial charge in [-0.3, -0.25) is 0 Å². The molecule has 5 aromatic rings. The zero-order valence-electron chi connectivity index (χ0n) is 33.5. The van der Waals surface area contributed by atoms with Gasteiger partial charge >= 0.3 is 0 Å². The van der Waals surface area contributed by atoms with Gasteiger partial charge in [0.25, 0.3) is 0 Å². The smallest absolute Gasteiger partial charge is 0.203 e. The lowest BCUT2D eigenvalue weighted by Crippen LogP contribution is -2.07. The van der Waals surface area contributed by atoms with Crippen LogP contribution in [0.5, 0.6) is 17.2 Å². The monoisotopic (exact) mass is 753 g/mol. The van der Waals surface area contributed by atoms with Crippen molar-refractivity contribution in [3.8, 4) is 17.2 Å². The molecular formula is C48H59N5O3. The Morgan fingerprint density at radius 3 is 1.52 bits per heavy atom. The van der Waals surface area contributed by atoms with Crippen LogP contribution in [-0.4, -0.2) is 44.7 Å². The first-order chi connectivity index (χ1) is 27.6. The number of fused-ring (bicyclic) bond motifs is 8. The summed E-state index contributed by atoms with van der Waals surface area (Å²) in [4.78, 5) is 19.9. The van der Waals surface area contributed by atoms with Crippen LogP contribution in [0.4, 0.5) is 0 Å². The third-order valence-electron chi connectivity index (χ3n) is 9.75. The van der Waals surface area contributed by atoms with Gasteiger partial charge in [-0.15, -0.1) is 0 Å². The molecule has 8 heteroatoms. The molecular weight excluding hydrogens is 695 g/mol. The molecule has 8 nitrogen and oxygen atoms in total. The van der Waals surface area contributed by atoms with E-state index in [9.17, 15) is 0 Å². The molecule has 0 saturated heterocycles. The second-order valence-corrected chi connectivity index (χ2v) is 14.5. The van der Waals surface area contributed by atoms with Gasteiger partial charge in [-0.1, -0.05) is 78.6 Å². The lowest BCUT2D eigenvalue weighted by Gasteiger charge is -2.19. The SMILES string of the molecule is CCCCCCOc1cc(C2=Cc3cc4ccc(cc5ccc(cc6nc(cc2n3)C=C6)[nH]5)[nH]4)cc(OCCCCCC)c1OCCCCCC.c1cc[nH]c1. The van der Waals surface area contributed by atoms with E-state index in [1.165, 1.54) is 38.5 Å². The molecule has 0 unspecified atom stereocenters. The van der Waals surface area contributed by atoms with Gasteiger partial charge in [0.2, 0.25) is 5.75 Å². The van der Waals surface area contributed by atoms with Crippen molar-refractivity contribution in [1.29, 1.82) is 0 Å². The molecule has 3 N–H and O–H groups in total. The number of benzene rings is 1. The lowest BCUT2D eigenvalue weighted by atomic mass is 10.0. The van der Waals surface area contributed by atoms with Crippen LogP contribution < -0.4 is 14.2 Å². The van der Waals surface area contributed by atoms with Crippen LogP contribution in [0.2, 0.25) is 0 Å². The van der Waals surface area contributed by atoms with Crippen LogP contribution in [0.15, 0.2) is 85.2 Å². The Morgan fingerprint density at radius 2 is 1.00 bits per heavy atom. The van der Waals surface area contributed by atoms with E-state index in [4.69, 9.17) is 24.2 Å². The van der Waals surface area contributed by atoms with Gasteiger partial charge in [0.15, 0.2) is 11.5 Å². The predicted octanol–water partition coefficient (Wildman–Crippen LogP) is 13.0. The fourth-order valence-corrected chi connectivity index (χ4v) is 6.74. The zero-order valence-corrected chi connectivity index (χ0v) is 33.5. The number of nitrogens with one attached hydrogen (secondary N) is 3. The third kappa shape index (κ3) is 12.0. The molecule has 2 aliphatic rings. The van der Waals surface area contributed by atoms with E-state index in [2.05, 4.69) is 102 Å². The number of ether oxygens (including phenoxy) is 3. The molecule has 4 aromatic heterocycles. The number of unbranched alkanes of at least 4 members (excludes halogenated alkanes) is 9. The minimum Gasteiger partial charge on any atom is -0.490 e. The molecule has 0 atom stereocenters. The highest BCUT2D eigenvalue weighted by molar-refractivity contribution is 5.94. The second-order valence-electron chi connectivity index (χ2n) is 14.5. The summed E-state index contributed by atoms with van der Waals surface area (Å²) in [5, 5.41) is 0. The fraction of sp³-hybridized carbons (Fsp3) is 0.375. The average molecular weight is 754 g/mol. The quantitative estimate of drug-likeness (QED) is 0.0714. The maximum Gasteiger partial charge on any atom is 0.203 e. The van der Waals surface area contributed by atoms with Gasteiger partial charge in [-0.25, -0.2) is 9.97 Å². The fourth-order valence-electron chi connectivity index (χ4n) is 6.74. The van der Waals surface area contributed by atoms with Crippen LogP contribution in [0.25, 0.3) is 45.9 Å². The number of aromatic amines is 3. The maximum absolute atomic E-state index is 6.56. The lowest BCUT2D eigenvalue weighted by molar-refractivity contribution is 0.234. The summed E-state index contributed by atoms with van der Waals surface area (Å²) in [6.45, 7) is 8.60. The number of H-pyrrole nitrogens is 3. The summed E-state index contributed by atoms with van der Waals surface area (Å²) in [5.41, 5.74) is 9.44. The molecule has 0 aliphatic carbocycles. The molecule has 8 bridgehead atoms. The average Bonchev–Trinajstić information content (AvgIpc) is 4.06. The standard InChI is InChI=1S/C44H54N4O3.C4H5N/c1-4-7-10-13-22-49-42-25-32(26-43(50-23-14-11-8-5-2)44(42)51-24-15-12-9-6-3)40-30-39-29-37-19-18-35(46-37)27-33-16-17-34(45-33)28-36-20-21-38(47-36)31-41(40)48-39;1-2-4-5-3-1/h16-21,25-31,45-46H,4-15,22-24H2,1-3H3;1-5H. The highest BCUT2D eigenvalue weighted by Crippen LogP contribution is 2.43. The van der Waals surface area contributed by atoms with Crippen molar-refractivity contribution in [1.82, 2.24) is 24.9 Å². The van der Waals surface area contributed by atoms with Crippen LogP contribution in [-0.2, 0) is 0 Å². The second kappa shape index (κ2) is 21.6. The highest BCUT2D eigenvalue weighted by atomic mass is 16.5. The van der Waals surface area contributed by atoms with E-state index in [-0.39, 0.29) is 0 Å². The maximum atomic E-state index is 6.56. The van der Waals surface area contributed by atoms with Crippen molar-refractivity contribution in [2.24, 2.45) is 0 Å². The summed E-state index contributed by atoms with van der Waals surface area (Å²) >= 11 is 0. The molecule has 56 heavy (non-hydrogen) atoms. The third-order valence-corrected chi connectivity index (χ3v) is 9.75. The zero-order chi connectivity index (χ0) is 38.8. The summed E-state index contributed by atoms with van der Waals surface area (Å²) in [5.74, 6) is 2.18. The van der Waals surface area contributed by atoms with Gasteiger partial charge in [-0.2, -0.15) is 0 Å². The van der Waals surface area contributed by atoms with E-state index >= 15 is 0 Å². The summed E-state index contributed by atoms with van der Waals surface area (Å²) in [6, 6.07) is 24.8. The van der Waals surface area contributed by atoms with Gasteiger partial charge in [-0.05, 0) is 116 Å². The predicted molar refractivity (Wildman–Crippen MR) is 233 cm³/mol. The first kappa shape index (κ1) is 40.2. The first-order valence-corrected chi connectivity index (χ1v) is 20.8. The van der Waals surface area contributed by atoms with Gasteiger partial charge in [0.1, 0.15) is 0 Å². The largest absolute Gasteiger partial charge is 0.490 e. The van der Waals surface area contributed by atoms with E-state index in [0.29, 0.717) is 25.6 Å². The van der Waals surface area contributed by atoms with Gasteiger partial charge in [0, 0.05) is 40.0 Å². The highest BCUT2D eigenvalue weighted by Gasteiger charge is 2.21. The molecule has 0 spiro atoms. The minimum absolute atomic E-state index is 0.633. The first-order valence-electron chi connectivity index (χ1n) is 20.8. The van der Waals surface area contributed by atoms with Crippen molar-refractivity contribution >= 4 is 45.9 Å². The normalized spacial score (nSPS) is 11.9. The van der Waals surface area contributed by atoms with Gasteiger partial charge in [0.05, 0.1) is 42.6 Å². The Balaban J connectivity index is 0.000000985. The molecule has 6 heterocycles. The Hall–Kier alpha value is -5.50. The number of hydrogen-bond donors (Lipinski definition) is 3. The molecule has 2 aliphatic heterocycles. The molecule has 0 amide bonds. The molecule has 0 saturated carbocycles. The van der Waals surface area contributed by atoms with Crippen molar-refractivity contribution in [3.63, 3.8) is 0 Å². The van der Waals surface area contributed by atoms with Crippen LogP contribution >= 0.6 is 0 Å². The van der Waals surface area contributed by atoms with Crippen LogP contribution in [0.3, 0.4) is 0 Å². The molecule has 1 aromatic carbocycles. The van der Waals surface area contributed by atoms with Crippen LogP contribution in [0, 0.1) is 0 Å². The summed E-state index contributed by atoms with van der Waals surface area (Å²) < 4.78 is 19.6. The number of hydrogen-bond acceptors (Lipinski definition) is 5. The van der Waals surface area contributed by atoms with E-state index < -0.39 is 0 Å². The molecule has 7 rings (SSSR count). The molecule has 0 fully saturated rings. The van der Waals surface area contributed by atoms with E-state index in [1.807, 2.05) is 36.7 Å². The Bertz CT molecular complexity index is 2120. The minimum atomic E-state index is 0.633. The van der Waals surface area contributed by atoms with Crippen molar-refractivity contribution in [2.75, 3.05) is 19.8 Å². The van der Waals surface area contributed by atoms with E-state index in [1.54, 1.807) is 0 Å².